The molecular formula is C16H21N3O. The molecule has 0 aliphatic rings. The Hall–Kier alpha value is -2.10. The van der Waals surface area contributed by atoms with Gasteiger partial charge in [0, 0.05) is 17.8 Å². The van der Waals surface area contributed by atoms with Crippen molar-refractivity contribution in [3.05, 3.63) is 52.8 Å². The van der Waals surface area contributed by atoms with Gasteiger partial charge in [0.25, 0.3) is 5.91 Å². The summed E-state index contributed by atoms with van der Waals surface area (Å²) in [4.78, 5) is 12.0. The number of benzene rings is 1. The molecule has 0 spiro atoms. The van der Waals surface area contributed by atoms with E-state index in [1.165, 1.54) is 0 Å². The van der Waals surface area contributed by atoms with E-state index in [4.69, 9.17) is 0 Å². The normalized spacial score (nSPS) is 12.2. The summed E-state index contributed by atoms with van der Waals surface area (Å²) in [5, 5.41) is 7.39. The third-order valence-electron chi connectivity index (χ3n) is 3.33. The lowest BCUT2D eigenvalue weighted by Gasteiger charge is -2.15. The van der Waals surface area contributed by atoms with Crippen LogP contribution in [-0.4, -0.2) is 22.2 Å². The standard InChI is InChI=1S/C16H21N3O/c1-11-5-7-15(8-6-11)16(20)17-10-14(4)19-13(3)9-12(2)18-19/h5-9,14H,10H2,1-4H3,(H,17,20)/t14-/m0/s1. The van der Waals surface area contributed by atoms with E-state index in [0.29, 0.717) is 12.1 Å². The number of aromatic nitrogens is 2. The van der Waals surface area contributed by atoms with E-state index in [9.17, 15) is 4.79 Å². The van der Waals surface area contributed by atoms with E-state index in [-0.39, 0.29) is 11.9 Å². The Labute approximate surface area is 119 Å². The zero-order valence-corrected chi connectivity index (χ0v) is 12.5. The van der Waals surface area contributed by atoms with Crippen LogP contribution >= 0.6 is 0 Å². The highest BCUT2D eigenvalue weighted by molar-refractivity contribution is 5.94. The van der Waals surface area contributed by atoms with Crippen molar-refractivity contribution in [2.75, 3.05) is 6.54 Å². The minimum absolute atomic E-state index is 0.0432. The maximum absolute atomic E-state index is 12.0. The predicted octanol–water partition coefficient (Wildman–Crippen LogP) is 2.80. The number of carbonyl (C=O) groups is 1. The van der Waals surface area contributed by atoms with Gasteiger partial charge in [-0.15, -0.1) is 0 Å². The number of nitrogens with zero attached hydrogens (tertiary/aromatic N) is 2. The molecule has 20 heavy (non-hydrogen) atoms. The maximum atomic E-state index is 12.0. The summed E-state index contributed by atoms with van der Waals surface area (Å²) in [5.74, 6) is -0.0432. The molecule has 1 heterocycles. The van der Waals surface area contributed by atoms with Crippen LogP contribution < -0.4 is 5.32 Å². The van der Waals surface area contributed by atoms with Crippen LogP contribution in [0.2, 0.25) is 0 Å². The zero-order chi connectivity index (χ0) is 14.7. The summed E-state index contributed by atoms with van der Waals surface area (Å²) in [5.41, 5.74) is 3.95. The number of carbonyl (C=O) groups excluding carboxylic acids is 1. The molecule has 0 fully saturated rings. The van der Waals surface area contributed by atoms with Crippen LogP contribution in [-0.2, 0) is 0 Å². The number of amides is 1. The molecule has 2 rings (SSSR count). The van der Waals surface area contributed by atoms with E-state index in [1.54, 1.807) is 0 Å². The Balaban J connectivity index is 1.96. The second-order valence-corrected chi connectivity index (χ2v) is 5.30. The second kappa shape index (κ2) is 5.90. The third kappa shape index (κ3) is 3.26. The second-order valence-electron chi connectivity index (χ2n) is 5.30. The molecule has 106 valence electrons. The topological polar surface area (TPSA) is 46.9 Å². The van der Waals surface area contributed by atoms with Crippen LogP contribution in [0, 0.1) is 20.8 Å². The number of hydrogen-bond donors (Lipinski definition) is 1. The van der Waals surface area contributed by atoms with Crippen LogP contribution in [0.1, 0.15) is 40.3 Å². The summed E-state index contributed by atoms with van der Waals surface area (Å²) >= 11 is 0. The van der Waals surface area contributed by atoms with Crippen molar-refractivity contribution in [3.8, 4) is 0 Å². The molecule has 0 aliphatic heterocycles. The van der Waals surface area contributed by atoms with Gasteiger partial charge >= 0.3 is 0 Å². The number of aryl methyl sites for hydroxylation is 3. The highest BCUT2D eigenvalue weighted by Crippen LogP contribution is 2.10. The van der Waals surface area contributed by atoms with Gasteiger partial charge < -0.3 is 5.32 Å². The fourth-order valence-corrected chi connectivity index (χ4v) is 2.23. The first-order chi connectivity index (χ1) is 9.47. The van der Waals surface area contributed by atoms with E-state index >= 15 is 0 Å². The molecule has 0 bridgehead atoms. The zero-order valence-electron chi connectivity index (χ0n) is 12.5. The quantitative estimate of drug-likeness (QED) is 0.929. The van der Waals surface area contributed by atoms with Gasteiger partial charge in [-0.05, 0) is 45.9 Å². The number of hydrogen-bond acceptors (Lipinski definition) is 2. The molecule has 0 unspecified atom stereocenters. The van der Waals surface area contributed by atoms with Gasteiger partial charge in [0.2, 0.25) is 0 Å². The Bertz CT molecular complexity index is 599. The summed E-state index contributed by atoms with van der Waals surface area (Å²) in [7, 11) is 0. The highest BCUT2D eigenvalue weighted by atomic mass is 16.1. The van der Waals surface area contributed by atoms with Gasteiger partial charge in [-0.25, -0.2) is 0 Å². The van der Waals surface area contributed by atoms with Gasteiger partial charge in [0.15, 0.2) is 0 Å². The largest absolute Gasteiger partial charge is 0.350 e. The maximum Gasteiger partial charge on any atom is 0.251 e. The molecule has 1 amide bonds. The lowest BCUT2D eigenvalue weighted by atomic mass is 10.1. The van der Waals surface area contributed by atoms with Crippen LogP contribution in [0.4, 0.5) is 0 Å². The van der Waals surface area contributed by atoms with Crippen LogP contribution in [0.25, 0.3) is 0 Å². The third-order valence-corrected chi connectivity index (χ3v) is 3.33. The van der Waals surface area contributed by atoms with Gasteiger partial charge in [0.1, 0.15) is 0 Å². The molecule has 4 nitrogen and oxygen atoms in total. The number of rotatable bonds is 4. The van der Waals surface area contributed by atoms with Crippen molar-refractivity contribution in [2.24, 2.45) is 0 Å². The average Bonchev–Trinajstić information content (AvgIpc) is 2.75. The Morgan fingerprint density at radius 3 is 2.45 bits per heavy atom. The van der Waals surface area contributed by atoms with E-state index in [0.717, 1.165) is 17.0 Å². The highest BCUT2D eigenvalue weighted by Gasteiger charge is 2.11. The first-order valence-corrected chi connectivity index (χ1v) is 6.85. The van der Waals surface area contributed by atoms with Crippen LogP contribution in [0.5, 0.6) is 0 Å². The molecule has 0 saturated carbocycles. The van der Waals surface area contributed by atoms with Crippen LogP contribution in [0.15, 0.2) is 30.3 Å². The lowest BCUT2D eigenvalue weighted by Crippen LogP contribution is -2.30. The van der Waals surface area contributed by atoms with Crippen molar-refractivity contribution in [3.63, 3.8) is 0 Å². The van der Waals surface area contributed by atoms with Gasteiger partial charge in [0.05, 0.1) is 11.7 Å². The molecule has 0 saturated heterocycles. The van der Waals surface area contributed by atoms with Crippen molar-refractivity contribution in [1.82, 2.24) is 15.1 Å². The van der Waals surface area contributed by atoms with Gasteiger partial charge in [-0.1, -0.05) is 17.7 Å². The SMILES string of the molecule is Cc1ccc(C(=O)NC[C@H](C)n2nc(C)cc2C)cc1. The molecule has 2 aromatic rings. The minimum Gasteiger partial charge on any atom is -0.350 e. The fourth-order valence-electron chi connectivity index (χ4n) is 2.23. The van der Waals surface area contributed by atoms with E-state index in [1.807, 2.05) is 55.8 Å². The molecule has 1 N–H and O–H groups in total. The fraction of sp³-hybridized carbons (Fsp3) is 0.375. The first kappa shape index (κ1) is 14.3. The smallest absolute Gasteiger partial charge is 0.251 e. The molecule has 4 heteroatoms. The molecule has 1 aromatic carbocycles. The Morgan fingerprint density at radius 1 is 1.25 bits per heavy atom. The minimum atomic E-state index is -0.0432. The van der Waals surface area contributed by atoms with Crippen LogP contribution in [0.3, 0.4) is 0 Å². The Morgan fingerprint density at radius 2 is 1.90 bits per heavy atom. The van der Waals surface area contributed by atoms with Gasteiger partial charge in [-0.3, -0.25) is 9.48 Å². The Kier molecular flexibility index (Phi) is 4.23. The van der Waals surface area contributed by atoms with Crippen molar-refractivity contribution in [2.45, 2.75) is 33.7 Å². The predicted molar refractivity (Wildman–Crippen MR) is 79.9 cm³/mol. The molecule has 0 aliphatic carbocycles. The average molecular weight is 271 g/mol. The molecule has 1 aromatic heterocycles. The van der Waals surface area contributed by atoms with Crippen molar-refractivity contribution < 1.29 is 4.79 Å². The molecule has 1 atom stereocenters. The summed E-state index contributed by atoms with van der Waals surface area (Å²) in [6.07, 6.45) is 0. The summed E-state index contributed by atoms with van der Waals surface area (Å²) in [6, 6.07) is 9.76. The van der Waals surface area contributed by atoms with Crippen molar-refractivity contribution >= 4 is 5.91 Å². The van der Waals surface area contributed by atoms with Crippen molar-refractivity contribution in [1.29, 1.82) is 0 Å². The first-order valence-electron chi connectivity index (χ1n) is 6.85. The number of nitrogens with one attached hydrogen (secondary N) is 1. The summed E-state index contributed by atoms with van der Waals surface area (Å²) < 4.78 is 1.95. The lowest BCUT2D eigenvalue weighted by molar-refractivity contribution is 0.0947. The van der Waals surface area contributed by atoms with Gasteiger partial charge in [-0.2, -0.15) is 5.10 Å². The summed E-state index contributed by atoms with van der Waals surface area (Å²) in [6.45, 7) is 8.62. The molecular weight excluding hydrogens is 250 g/mol. The monoisotopic (exact) mass is 271 g/mol. The van der Waals surface area contributed by atoms with E-state index < -0.39 is 0 Å². The molecule has 0 radical (unpaired) electrons. The van der Waals surface area contributed by atoms with E-state index in [2.05, 4.69) is 17.3 Å².